The summed E-state index contributed by atoms with van der Waals surface area (Å²) < 4.78 is 14.2. The van der Waals surface area contributed by atoms with E-state index in [4.69, 9.17) is 23.2 Å². The molecule has 0 heterocycles. The highest BCUT2D eigenvalue weighted by molar-refractivity contribution is 7.83. The molecule has 0 spiro atoms. The van der Waals surface area contributed by atoms with E-state index in [2.05, 4.69) is 26.2 Å². The number of amides is 2. The van der Waals surface area contributed by atoms with E-state index in [1.54, 1.807) is 36.4 Å². The predicted octanol–water partition coefficient (Wildman–Crippen LogP) is 5.80. The van der Waals surface area contributed by atoms with Crippen LogP contribution < -0.4 is 5.43 Å². The maximum Gasteiger partial charge on any atom is 0.285 e. The van der Waals surface area contributed by atoms with Gasteiger partial charge in [-0.3, -0.25) is 9.59 Å². The van der Waals surface area contributed by atoms with Gasteiger partial charge in [-0.05, 0) is 71.6 Å². The van der Waals surface area contributed by atoms with Gasteiger partial charge in [0.25, 0.3) is 11.8 Å². The first-order valence-electron chi connectivity index (χ1n) is 9.75. The zero-order valence-corrected chi connectivity index (χ0v) is 20.1. The molecule has 2 amide bonds. The number of rotatable bonds is 4. The Morgan fingerprint density at radius 3 is 1.72 bits per heavy atom. The van der Waals surface area contributed by atoms with Crippen LogP contribution in [0.15, 0.2) is 77.7 Å². The number of carbonyl (C=O) groups is 2. The molecule has 0 aliphatic rings. The SMILES string of the molecule is CC(C)(C)c1ccc(S(=O)N(NC(=O)c2ccc(Cl)cc2)C(=O)c2ccc(Cl)cc2)cc1. The summed E-state index contributed by atoms with van der Waals surface area (Å²) in [7, 11) is -2.00. The molecular formula is C24H22Cl2N2O3S. The Morgan fingerprint density at radius 2 is 1.25 bits per heavy atom. The third-order valence-electron chi connectivity index (χ3n) is 4.67. The first kappa shape index (κ1) is 24.0. The van der Waals surface area contributed by atoms with E-state index >= 15 is 0 Å². The van der Waals surface area contributed by atoms with Crippen LogP contribution in [0.4, 0.5) is 0 Å². The van der Waals surface area contributed by atoms with Gasteiger partial charge in [0, 0.05) is 21.2 Å². The van der Waals surface area contributed by atoms with Gasteiger partial charge < -0.3 is 0 Å². The maximum absolute atomic E-state index is 13.4. The molecule has 0 radical (unpaired) electrons. The maximum atomic E-state index is 13.4. The minimum Gasteiger partial charge on any atom is -0.267 e. The van der Waals surface area contributed by atoms with Gasteiger partial charge in [0.05, 0.1) is 4.90 Å². The van der Waals surface area contributed by atoms with Crippen LogP contribution in [0.3, 0.4) is 0 Å². The molecule has 0 bridgehead atoms. The highest BCUT2D eigenvalue weighted by Crippen LogP contribution is 2.24. The van der Waals surface area contributed by atoms with Crippen molar-refractivity contribution in [3.8, 4) is 0 Å². The molecule has 1 atom stereocenters. The number of halogens is 2. The monoisotopic (exact) mass is 488 g/mol. The summed E-state index contributed by atoms with van der Waals surface area (Å²) in [6, 6.07) is 19.4. The summed E-state index contributed by atoms with van der Waals surface area (Å²) in [6.45, 7) is 6.21. The summed E-state index contributed by atoms with van der Waals surface area (Å²) in [4.78, 5) is 26.3. The molecule has 0 fully saturated rings. The Morgan fingerprint density at radius 1 is 0.781 bits per heavy atom. The van der Waals surface area contributed by atoms with E-state index < -0.39 is 22.8 Å². The van der Waals surface area contributed by atoms with Gasteiger partial charge in [0.15, 0.2) is 11.0 Å². The summed E-state index contributed by atoms with van der Waals surface area (Å²) >= 11 is 11.8. The van der Waals surface area contributed by atoms with Crippen molar-refractivity contribution in [1.29, 1.82) is 0 Å². The summed E-state index contributed by atoms with van der Waals surface area (Å²) in [5.41, 5.74) is 3.94. The van der Waals surface area contributed by atoms with Gasteiger partial charge in [-0.15, -0.1) is 0 Å². The number of nitrogens with zero attached hydrogens (tertiary/aromatic N) is 1. The van der Waals surface area contributed by atoms with Crippen molar-refractivity contribution in [3.05, 3.63) is 99.5 Å². The summed E-state index contributed by atoms with van der Waals surface area (Å²) in [5, 5.41) is 0.926. The Kier molecular flexibility index (Phi) is 7.39. The van der Waals surface area contributed by atoms with E-state index in [0.717, 1.165) is 9.98 Å². The third-order valence-corrected chi connectivity index (χ3v) is 6.44. The minimum absolute atomic E-state index is 0.0817. The van der Waals surface area contributed by atoms with Crippen LogP contribution in [-0.4, -0.2) is 20.4 Å². The molecule has 5 nitrogen and oxygen atoms in total. The van der Waals surface area contributed by atoms with E-state index in [1.165, 1.54) is 24.3 Å². The first-order chi connectivity index (χ1) is 15.1. The zero-order valence-electron chi connectivity index (χ0n) is 17.8. The summed E-state index contributed by atoms with van der Waals surface area (Å²) in [5.74, 6) is -1.23. The van der Waals surface area contributed by atoms with Crippen LogP contribution in [0, 0.1) is 0 Å². The first-order valence-corrected chi connectivity index (χ1v) is 11.6. The van der Waals surface area contributed by atoms with E-state index in [-0.39, 0.29) is 16.5 Å². The van der Waals surface area contributed by atoms with Crippen molar-refractivity contribution in [2.75, 3.05) is 0 Å². The van der Waals surface area contributed by atoms with Gasteiger partial charge in [-0.2, -0.15) is 4.41 Å². The number of nitrogens with one attached hydrogen (secondary N) is 1. The predicted molar refractivity (Wildman–Crippen MR) is 128 cm³/mol. The van der Waals surface area contributed by atoms with E-state index in [0.29, 0.717) is 14.9 Å². The second-order valence-corrected chi connectivity index (χ2v) is 10.3. The Balaban J connectivity index is 1.94. The van der Waals surface area contributed by atoms with Crippen LogP contribution >= 0.6 is 23.2 Å². The van der Waals surface area contributed by atoms with Gasteiger partial charge in [0.1, 0.15) is 0 Å². The standard InChI is InChI=1S/C24H22Cl2N2O3S/c1-24(2,3)18-8-14-21(15-9-18)32(31)28(23(30)17-6-12-20(26)13-7-17)27-22(29)16-4-10-19(25)11-5-16/h4-15H,1-3H3,(H,27,29). The van der Waals surface area contributed by atoms with Crippen molar-refractivity contribution in [3.63, 3.8) is 0 Å². The van der Waals surface area contributed by atoms with Gasteiger partial charge in [-0.25, -0.2) is 9.63 Å². The normalized spacial score (nSPS) is 12.2. The molecule has 8 heteroatoms. The number of carbonyl (C=O) groups excluding carboxylic acids is 2. The lowest BCUT2D eigenvalue weighted by Gasteiger charge is -2.23. The molecule has 0 aromatic heterocycles. The van der Waals surface area contributed by atoms with Gasteiger partial charge in [-0.1, -0.05) is 56.1 Å². The molecule has 166 valence electrons. The van der Waals surface area contributed by atoms with Crippen LogP contribution in [0.5, 0.6) is 0 Å². The fourth-order valence-electron chi connectivity index (χ4n) is 2.81. The molecule has 3 aromatic rings. The molecule has 0 aliphatic carbocycles. The average Bonchev–Trinajstić information content (AvgIpc) is 2.77. The van der Waals surface area contributed by atoms with Crippen LogP contribution in [0.1, 0.15) is 47.1 Å². The molecule has 0 saturated carbocycles. The number of hydrogen-bond donors (Lipinski definition) is 1. The fraction of sp³-hybridized carbons (Fsp3) is 0.167. The van der Waals surface area contributed by atoms with Crippen molar-refractivity contribution >= 4 is 46.0 Å². The topological polar surface area (TPSA) is 66.5 Å². The lowest BCUT2D eigenvalue weighted by molar-refractivity contribution is 0.0732. The lowest BCUT2D eigenvalue weighted by atomic mass is 9.87. The molecule has 3 aromatic carbocycles. The highest BCUT2D eigenvalue weighted by Gasteiger charge is 2.26. The molecular weight excluding hydrogens is 467 g/mol. The zero-order chi connectivity index (χ0) is 23.5. The molecule has 1 N–H and O–H groups in total. The van der Waals surface area contributed by atoms with E-state index in [1.807, 2.05) is 12.1 Å². The highest BCUT2D eigenvalue weighted by atomic mass is 35.5. The second-order valence-electron chi connectivity index (χ2n) is 8.08. The average molecular weight is 489 g/mol. The number of benzene rings is 3. The minimum atomic E-state index is -2.00. The van der Waals surface area contributed by atoms with Crippen molar-refractivity contribution in [1.82, 2.24) is 9.84 Å². The Bertz CT molecular complexity index is 1140. The molecule has 0 saturated heterocycles. The van der Waals surface area contributed by atoms with Crippen molar-refractivity contribution in [2.45, 2.75) is 31.1 Å². The van der Waals surface area contributed by atoms with Crippen molar-refractivity contribution in [2.24, 2.45) is 0 Å². The quantitative estimate of drug-likeness (QED) is 0.471. The largest absolute Gasteiger partial charge is 0.285 e. The third kappa shape index (κ3) is 5.76. The summed E-state index contributed by atoms with van der Waals surface area (Å²) in [6.07, 6.45) is 0. The van der Waals surface area contributed by atoms with Gasteiger partial charge >= 0.3 is 0 Å². The second kappa shape index (κ2) is 9.86. The van der Waals surface area contributed by atoms with Crippen LogP contribution in [-0.2, 0) is 16.4 Å². The molecule has 1 unspecified atom stereocenters. The molecule has 3 rings (SSSR count). The van der Waals surface area contributed by atoms with Crippen molar-refractivity contribution < 1.29 is 13.8 Å². The fourth-order valence-corrected chi connectivity index (χ4v) is 4.07. The van der Waals surface area contributed by atoms with E-state index in [9.17, 15) is 13.8 Å². The molecule has 0 aliphatic heterocycles. The van der Waals surface area contributed by atoms with Crippen LogP contribution in [0.25, 0.3) is 0 Å². The Labute approximate surface area is 199 Å². The lowest BCUT2D eigenvalue weighted by Crippen LogP contribution is -2.47. The smallest absolute Gasteiger partial charge is 0.267 e. The van der Waals surface area contributed by atoms with Crippen LogP contribution in [0.2, 0.25) is 10.0 Å². The number of hydrazine groups is 1. The Hall–Kier alpha value is -2.67. The molecule has 32 heavy (non-hydrogen) atoms. The van der Waals surface area contributed by atoms with Gasteiger partial charge in [0.2, 0.25) is 0 Å². The number of hydrogen-bond acceptors (Lipinski definition) is 3.